The lowest BCUT2D eigenvalue weighted by molar-refractivity contribution is 0.128. The van der Waals surface area contributed by atoms with Crippen molar-refractivity contribution in [2.24, 2.45) is 5.92 Å². The molecule has 0 aliphatic rings. The van der Waals surface area contributed by atoms with E-state index in [1.807, 2.05) is 0 Å². The van der Waals surface area contributed by atoms with Crippen LogP contribution in [0.5, 0.6) is 0 Å². The smallest absolute Gasteiger partial charge is 0.244 e. The van der Waals surface area contributed by atoms with E-state index >= 15 is 0 Å². The Morgan fingerprint density at radius 2 is 1.90 bits per heavy atom. The van der Waals surface area contributed by atoms with Crippen LogP contribution in [0.1, 0.15) is 37.4 Å². The molecule has 0 radical (unpaired) electrons. The summed E-state index contributed by atoms with van der Waals surface area (Å²) in [7, 11) is -3.70. The highest BCUT2D eigenvalue weighted by Gasteiger charge is 2.25. The zero-order valence-electron chi connectivity index (χ0n) is 13.1. The van der Waals surface area contributed by atoms with Gasteiger partial charge in [0, 0.05) is 18.7 Å². The van der Waals surface area contributed by atoms with Crippen LogP contribution in [0, 0.1) is 19.8 Å². The summed E-state index contributed by atoms with van der Waals surface area (Å²) in [6, 6.07) is 0. The molecule has 1 aromatic rings. The van der Waals surface area contributed by atoms with E-state index < -0.39 is 10.0 Å². The predicted molar refractivity (Wildman–Crippen MR) is 79.6 cm³/mol. The number of hydrogen-bond acceptors (Lipinski definition) is 5. The average molecular weight is 319 g/mol. The fraction of sp³-hybridized carbons (Fsp3) is 0.714. The van der Waals surface area contributed by atoms with Crippen molar-refractivity contribution in [3.63, 3.8) is 0 Å². The van der Waals surface area contributed by atoms with E-state index in [1.54, 1.807) is 13.8 Å². The lowest BCUT2D eigenvalue weighted by Gasteiger charge is -2.09. The van der Waals surface area contributed by atoms with Crippen LogP contribution in [0.3, 0.4) is 0 Å². The molecule has 0 unspecified atom stereocenters. The molecule has 0 amide bonds. The van der Waals surface area contributed by atoms with Crippen molar-refractivity contribution in [1.82, 2.24) is 4.72 Å². The Morgan fingerprint density at radius 1 is 1.24 bits per heavy atom. The molecule has 7 heteroatoms. The minimum Gasteiger partial charge on any atom is -0.465 e. The number of sulfonamides is 1. The van der Waals surface area contributed by atoms with Crippen LogP contribution in [0.4, 0.5) is 0 Å². The molecule has 21 heavy (non-hydrogen) atoms. The van der Waals surface area contributed by atoms with Gasteiger partial charge in [-0.1, -0.05) is 13.8 Å². The molecule has 0 aliphatic carbocycles. The summed E-state index contributed by atoms with van der Waals surface area (Å²) in [5, 5.41) is 9.29. The van der Waals surface area contributed by atoms with Gasteiger partial charge in [-0.2, -0.15) is 0 Å². The van der Waals surface area contributed by atoms with Crippen LogP contribution in [-0.4, -0.2) is 33.3 Å². The number of hydrogen-bond donors (Lipinski definition) is 2. The Labute approximate surface area is 126 Å². The van der Waals surface area contributed by atoms with E-state index in [4.69, 9.17) is 9.15 Å². The molecule has 1 rings (SSSR count). The summed E-state index contributed by atoms with van der Waals surface area (Å²) in [6.45, 7) is 8.16. The lowest BCUT2D eigenvalue weighted by Crippen LogP contribution is -2.28. The molecule has 6 nitrogen and oxygen atoms in total. The summed E-state index contributed by atoms with van der Waals surface area (Å²) >= 11 is 0. The van der Waals surface area contributed by atoms with E-state index in [0.29, 0.717) is 30.5 Å². The normalized spacial score (nSPS) is 12.3. The third-order valence-electron chi connectivity index (χ3n) is 3.13. The maximum atomic E-state index is 12.2. The quantitative estimate of drug-likeness (QED) is 0.677. The molecule has 0 saturated heterocycles. The van der Waals surface area contributed by atoms with Crippen LogP contribution in [-0.2, 0) is 21.4 Å². The highest BCUT2D eigenvalue weighted by molar-refractivity contribution is 7.89. The van der Waals surface area contributed by atoms with Crippen molar-refractivity contribution in [3.05, 3.63) is 17.1 Å². The highest BCUT2D eigenvalue weighted by atomic mass is 32.2. The molecule has 0 aliphatic heterocycles. The van der Waals surface area contributed by atoms with Crippen LogP contribution in [0.2, 0.25) is 0 Å². The topological polar surface area (TPSA) is 88.8 Å². The van der Waals surface area contributed by atoms with Crippen molar-refractivity contribution in [2.45, 2.75) is 45.6 Å². The van der Waals surface area contributed by atoms with Gasteiger partial charge in [0.25, 0.3) is 0 Å². The SMILES string of the molecule is Cc1oc(C)c(S(=O)(=O)NCCOCCC(C)C)c1CO. The molecule has 0 saturated carbocycles. The van der Waals surface area contributed by atoms with Gasteiger partial charge in [-0.3, -0.25) is 0 Å². The van der Waals surface area contributed by atoms with Gasteiger partial charge in [0.05, 0.1) is 13.2 Å². The molecular formula is C14H25NO5S. The third-order valence-corrected chi connectivity index (χ3v) is 4.79. The molecule has 122 valence electrons. The number of nitrogens with one attached hydrogen (secondary N) is 1. The van der Waals surface area contributed by atoms with Gasteiger partial charge >= 0.3 is 0 Å². The van der Waals surface area contributed by atoms with E-state index in [1.165, 1.54) is 0 Å². The summed E-state index contributed by atoms with van der Waals surface area (Å²) < 4.78 is 37.6. The first-order valence-electron chi connectivity index (χ1n) is 7.06. The van der Waals surface area contributed by atoms with Gasteiger partial charge in [0.2, 0.25) is 10.0 Å². The summed E-state index contributed by atoms with van der Waals surface area (Å²) in [6.07, 6.45) is 0.946. The summed E-state index contributed by atoms with van der Waals surface area (Å²) in [5.74, 6) is 1.26. The Balaban J connectivity index is 2.58. The molecule has 0 spiro atoms. The Kier molecular flexibility index (Phi) is 6.86. The fourth-order valence-electron chi connectivity index (χ4n) is 1.99. The maximum Gasteiger partial charge on any atom is 0.244 e. The zero-order valence-corrected chi connectivity index (χ0v) is 13.9. The largest absolute Gasteiger partial charge is 0.465 e. The number of rotatable bonds is 9. The zero-order chi connectivity index (χ0) is 16.0. The highest BCUT2D eigenvalue weighted by Crippen LogP contribution is 2.26. The Bertz CT molecular complexity index is 548. The minimum atomic E-state index is -3.70. The summed E-state index contributed by atoms with van der Waals surface area (Å²) in [4.78, 5) is 0.0321. The van der Waals surface area contributed by atoms with Crippen molar-refractivity contribution in [3.8, 4) is 0 Å². The van der Waals surface area contributed by atoms with Crippen molar-refractivity contribution >= 4 is 10.0 Å². The number of ether oxygens (including phenoxy) is 1. The summed E-state index contributed by atoms with van der Waals surface area (Å²) in [5.41, 5.74) is 0.306. The van der Waals surface area contributed by atoms with E-state index in [2.05, 4.69) is 18.6 Å². The molecule has 0 fully saturated rings. The van der Waals surface area contributed by atoms with Gasteiger partial charge in [0.1, 0.15) is 16.4 Å². The number of aliphatic hydroxyl groups is 1. The first-order valence-corrected chi connectivity index (χ1v) is 8.55. The second-order valence-corrected chi connectivity index (χ2v) is 7.08. The second kappa shape index (κ2) is 7.93. The maximum absolute atomic E-state index is 12.2. The van der Waals surface area contributed by atoms with Crippen LogP contribution >= 0.6 is 0 Å². The van der Waals surface area contributed by atoms with E-state index in [-0.39, 0.29) is 23.8 Å². The van der Waals surface area contributed by atoms with Crippen molar-refractivity contribution in [1.29, 1.82) is 0 Å². The van der Waals surface area contributed by atoms with E-state index in [9.17, 15) is 13.5 Å². The monoisotopic (exact) mass is 319 g/mol. The first kappa shape index (κ1) is 18.2. The number of furan rings is 1. The molecule has 1 aromatic heterocycles. The molecule has 1 heterocycles. The van der Waals surface area contributed by atoms with Crippen molar-refractivity contribution in [2.75, 3.05) is 19.8 Å². The molecular weight excluding hydrogens is 294 g/mol. The molecule has 0 aromatic carbocycles. The van der Waals surface area contributed by atoms with Crippen LogP contribution in [0.25, 0.3) is 0 Å². The third kappa shape index (κ3) is 5.10. The van der Waals surface area contributed by atoms with Gasteiger partial charge in [-0.05, 0) is 26.2 Å². The molecule has 0 bridgehead atoms. The van der Waals surface area contributed by atoms with E-state index in [0.717, 1.165) is 6.42 Å². The van der Waals surface area contributed by atoms with Gasteiger partial charge in [-0.25, -0.2) is 13.1 Å². The molecule has 2 N–H and O–H groups in total. The van der Waals surface area contributed by atoms with Crippen molar-refractivity contribution < 1.29 is 22.7 Å². The predicted octanol–water partition coefficient (Wildman–Crippen LogP) is 1.73. The molecule has 0 atom stereocenters. The Morgan fingerprint density at radius 3 is 2.48 bits per heavy atom. The van der Waals surface area contributed by atoms with Gasteiger partial charge < -0.3 is 14.3 Å². The second-order valence-electron chi connectivity index (χ2n) is 5.37. The average Bonchev–Trinajstić information content (AvgIpc) is 2.68. The Hall–Kier alpha value is -0.890. The minimum absolute atomic E-state index is 0.0321. The first-order chi connectivity index (χ1) is 9.79. The van der Waals surface area contributed by atoms with Gasteiger partial charge in [-0.15, -0.1) is 0 Å². The number of aliphatic hydroxyl groups excluding tert-OH is 1. The van der Waals surface area contributed by atoms with Crippen LogP contribution < -0.4 is 4.72 Å². The fourth-order valence-corrected chi connectivity index (χ4v) is 3.44. The lowest BCUT2D eigenvalue weighted by atomic mass is 10.1. The number of aryl methyl sites for hydroxylation is 2. The standard InChI is InChI=1S/C14H25NO5S/c1-10(2)5-7-19-8-6-15-21(17,18)14-12(4)20-11(3)13(14)9-16/h10,15-16H,5-9H2,1-4H3. The van der Waals surface area contributed by atoms with Crippen LogP contribution in [0.15, 0.2) is 9.31 Å². The van der Waals surface area contributed by atoms with Gasteiger partial charge in [0.15, 0.2) is 0 Å².